The molecule has 1 aromatic carbocycles. The Labute approximate surface area is 131 Å². The van der Waals surface area contributed by atoms with Gasteiger partial charge in [0.2, 0.25) is 5.91 Å². The molecule has 0 spiro atoms. The molecule has 2 atom stereocenters. The van der Waals surface area contributed by atoms with Crippen molar-refractivity contribution in [3.8, 4) is 0 Å². The summed E-state index contributed by atoms with van der Waals surface area (Å²) in [5.74, 6) is -0.262. The highest BCUT2D eigenvalue weighted by atomic mass is 16.5. The van der Waals surface area contributed by atoms with E-state index in [1.54, 1.807) is 11.9 Å². The summed E-state index contributed by atoms with van der Waals surface area (Å²) in [4.78, 5) is 26.0. The molecular weight excluding hydrogens is 280 g/mol. The molecule has 1 aromatic rings. The molecule has 1 saturated heterocycles. The molecule has 1 N–H and O–H groups in total. The number of aryl methyl sites for hydroxylation is 1. The number of morpholine rings is 1. The second-order valence-corrected chi connectivity index (χ2v) is 5.74. The molecule has 120 valence electrons. The van der Waals surface area contributed by atoms with Crippen LogP contribution in [0.4, 0.5) is 0 Å². The third-order valence-electron chi connectivity index (χ3n) is 3.99. The van der Waals surface area contributed by atoms with Gasteiger partial charge in [0.25, 0.3) is 5.91 Å². The molecule has 5 nitrogen and oxygen atoms in total. The molecule has 22 heavy (non-hydrogen) atoms. The topological polar surface area (TPSA) is 58.6 Å². The number of ether oxygens (including phenoxy) is 1. The largest absolute Gasteiger partial charge is 0.356 e. The van der Waals surface area contributed by atoms with Gasteiger partial charge in [-0.1, -0.05) is 43.2 Å². The maximum Gasteiger partial charge on any atom is 0.251 e. The van der Waals surface area contributed by atoms with Gasteiger partial charge in [-0.15, -0.1) is 0 Å². The van der Waals surface area contributed by atoms with Crippen molar-refractivity contribution in [1.29, 1.82) is 0 Å². The normalized spacial score (nSPS) is 21.8. The fourth-order valence-corrected chi connectivity index (χ4v) is 2.58. The van der Waals surface area contributed by atoms with Crippen molar-refractivity contribution in [2.75, 3.05) is 20.2 Å². The Morgan fingerprint density at radius 2 is 2.05 bits per heavy atom. The predicted molar refractivity (Wildman–Crippen MR) is 84.3 cm³/mol. The number of likely N-dealkylation sites (N-methyl/N-ethyl adjacent to an activating group) is 1. The average Bonchev–Trinajstić information content (AvgIpc) is 2.51. The molecule has 1 heterocycles. The fraction of sp³-hybridized carbons (Fsp3) is 0.529. The van der Waals surface area contributed by atoms with Crippen LogP contribution in [-0.2, 0) is 14.3 Å². The molecule has 0 aliphatic carbocycles. The molecule has 1 fully saturated rings. The number of nitrogens with zero attached hydrogens (tertiary/aromatic N) is 1. The van der Waals surface area contributed by atoms with Crippen molar-refractivity contribution in [2.24, 2.45) is 0 Å². The van der Waals surface area contributed by atoms with E-state index in [1.807, 2.05) is 31.2 Å². The van der Waals surface area contributed by atoms with Crippen LogP contribution in [0, 0.1) is 6.92 Å². The van der Waals surface area contributed by atoms with Gasteiger partial charge in [-0.3, -0.25) is 9.59 Å². The number of amides is 2. The average molecular weight is 304 g/mol. The maximum atomic E-state index is 12.4. The third-order valence-corrected chi connectivity index (χ3v) is 3.99. The Bertz CT molecular complexity index is 527. The Balaban J connectivity index is 2.20. The van der Waals surface area contributed by atoms with Crippen LogP contribution < -0.4 is 5.32 Å². The van der Waals surface area contributed by atoms with Gasteiger partial charge >= 0.3 is 0 Å². The number of unbranched alkanes of at least 4 members (excludes halogenated alkanes) is 1. The molecule has 0 saturated carbocycles. The summed E-state index contributed by atoms with van der Waals surface area (Å²) >= 11 is 0. The first-order valence-corrected chi connectivity index (χ1v) is 7.76. The lowest BCUT2D eigenvalue weighted by Gasteiger charge is -2.38. The number of hydrogen-bond acceptors (Lipinski definition) is 3. The smallest absolute Gasteiger partial charge is 0.251 e. The van der Waals surface area contributed by atoms with Gasteiger partial charge in [0, 0.05) is 13.6 Å². The second-order valence-electron chi connectivity index (χ2n) is 5.74. The van der Waals surface area contributed by atoms with Crippen LogP contribution in [0.5, 0.6) is 0 Å². The lowest BCUT2D eigenvalue weighted by Crippen LogP contribution is -2.53. The number of nitrogens with one attached hydrogen (secondary N) is 1. The quantitative estimate of drug-likeness (QED) is 0.844. The predicted octanol–water partition coefficient (Wildman–Crippen LogP) is 1.81. The van der Waals surface area contributed by atoms with E-state index in [0.29, 0.717) is 6.54 Å². The molecule has 0 radical (unpaired) electrons. The molecular formula is C17H24N2O3. The summed E-state index contributed by atoms with van der Waals surface area (Å²) in [6.07, 6.45) is 1.29. The van der Waals surface area contributed by atoms with Gasteiger partial charge in [0.05, 0.1) is 6.04 Å². The second kappa shape index (κ2) is 7.40. The molecule has 1 aliphatic heterocycles. The van der Waals surface area contributed by atoms with Crippen LogP contribution in [-0.4, -0.2) is 43.0 Å². The first kappa shape index (κ1) is 16.5. The number of rotatable bonds is 5. The lowest BCUT2D eigenvalue weighted by molar-refractivity contribution is -0.162. The van der Waals surface area contributed by atoms with Gasteiger partial charge < -0.3 is 15.0 Å². The Hall–Kier alpha value is -1.88. The SMILES string of the molecule is CCCCNC(=O)C1OCC(=O)N(C)C1c1ccc(C)cc1. The third kappa shape index (κ3) is 3.65. The fourth-order valence-electron chi connectivity index (χ4n) is 2.58. The van der Waals surface area contributed by atoms with Gasteiger partial charge in [-0.2, -0.15) is 0 Å². The van der Waals surface area contributed by atoms with E-state index < -0.39 is 6.10 Å². The van der Waals surface area contributed by atoms with Crippen LogP contribution in [0.15, 0.2) is 24.3 Å². The molecule has 1 aliphatic rings. The summed E-state index contributed by atoms with van der Waals surface area (Å²) in [6.45, 7) is 4.66. The van der Waals surface area contributed by atoms with Crippen molar-refractivity contribution in [3.63, 3.8) is 0 Å². The Morgan fingerprint density at radius 3 is 2.68 bits per heavy atom. The van der Waals surface area contributed by atoms with E-state index in [9.17, 15) is 9.59 Å². The van der Waals surface area contributed by atoms with Crippen LogP contribution >= 0.6 is 0 Å². The van der Waals surface area contributed by atoms with Crippen LogP contribution in [0.25, 0.3) is 0 Å². The molecule has 5 heteroatoms. The summed E-state index contributed by atoms with van der Waals surface area (Å²) in [5.41, 5.74) is 2.05. The minimum Gasteiger partial charge on any atom is -0.356 e. The molecule has 0 bridgehead atoms. The number of benzene rings is 1. The Morgan fingerprint density at radius 1 is 1.36 bits per heavy atom. The molecule has 2 unspecified atom stereocenters. The van der Waals surface area contributed by atoms with E-state index in [-0.39, 0.29) is 24.5 Å². The highest BCUT2D eigenvalue weighted by molar-refractivity contribution is 5.86. The summed E-state index contributed by atoms with van der Waals surface area (Å²) < 4.78 is 5.55. The van der Waals surface area contributed by atoms with E-state index >= 15 is 0 Å². The monoisotopic (exact) mass is 304 g/mol. The van der Waals surface area contributed by atoms with Crippen molar-refractivity contribution < 1.29 is 14.3 Å². The zero-order chi connectivity index (χ0) is 16.1. The maximum absolute atomic E-state index is 12.4. The van der Waals surface area contributed by atoms with E-state index in [2.05, 4.69) is 12.2 Å². The first-order valence-electron chi connectivity index (χ1n) is 7.76. The number of carbonyl (C=O) groups is 2. The molecule has 0 aromatic heterocycles. The van der Waals surface area contributed by atoms with Gasteiger partial charge in [0.1, 0.15) is 6.61 Å². The first-order chi connectivity index (χ1) is 10.5. The van der Waals surface area contributed by atoms with E-state index in [4.69, 9.17) is 4.74 Å². The van der Waals surface area contributed by atoms with Crippen molar-refractivity contribution in [2.45, 2.75) is 38.8 Å². The zero-order valence-corrected chi connectivity index (χ0v) is 13.5. The van der Waals surface area contributed by atoms with Gasteiger partial charge in [0.15, 0.2) is 6.10 Å². The summed E-state index contributed by atoms with van der Waals surface area (Å²) in [6, 6.07) is 7.47. The zero-order valence-electron chi connectivity index (χ0n) is 13.5. The summed E-state index contributed by atoms with van der Waals surface area (Å²) in [5, 5.41) is 2.90. The van der Waals surface area contributed by atoms with Crippen molar-refractivity contribution in [1.82, 2.24) is 10.2 Å². The summed E-state index contributed by atoms with van der Waals surface area (Å²) in [7, 11) is 1.72. The lowest BCUT2D eigenvalue weighted by atomic mass is 9.96. The number of carbonyl (C=O) groups excluding carboxylic acids is 2. The highest BCUT2D eigenvalue weighted by Crippen LogP contribution is 2.29. The van der Waals surface area contributed by atoms with Crippen LogP contribution in [0.3, 0.4) is 0 Å². The molecule has 2 rings (SSSR count). The minimum atomic E-state index is -0.665. The minimum absolute atomic E-state index is 0.0509. The highest BCUT2D eigenvalue weighted by Gasteiger charge is 2.39. The van der Waals surface area contributed by atoms with Crippen LogP contribution in [0.2, 0.25) is 0 Å². The van der Waals surface area contributed by atoms with Crippen molar-refractivity contribution in [3.05, 3.63) is 35.4 Å². The standard InChI is InChI=1S/C17H24N2O3/c1-4-5-10-18-17(21)16-15(19(3)14(20)11-22-16)13-8-6-12(2)7-9-13/h6-9,15-16H,4-5,10-11H2,1-3H3,(H,18,21). The Kier molecular flexibility index (Phi) is 5.55. The van der Waals surface area contributed by atoms with Gasteiger partial charge in [-0.05, 0) is 18.9 Å². The van der Waals surface area contributed by atoms with E-state index in [1.165, 1.54) is 0 Å². The van der Waals surface area contributed by atoms with Crippen LogP contribution in [0.1, 0.15) is 36.9 Å². The van der Waals surface area contributed by atoms with Gasteiger partial charge in [-0.25, -0.2) is 0 Å². The number of hydrogen-bond donors (Lipinski definition) is 1. The van der Waals surface area contributed by atoms with Crippen molar-refractivity contribution >= 4 is 11.8 Å². The van der Waals surface area contributed by atoms with E-state index in [0.717, 1.165) is 24.0 Å². The molecule has 2 amide bonds.